The van der Waals surface area contributed by atoms with Crippen LogP contribution in [0.2, 0.25) is 0 Å². The summed E-state index contributed by atoms with van der Waals surface area (Å²) < 4.78 is 11.3. The van der Waals surface area contributed by atoms with Gasteiger partial charge in [-0.05, 0) is 26.2 Å². The molecule has 1 heterocycles. The summed E-state index contributed by atoms with van der Waals surface area (Å²) in [4.78, 5) is 0. The minimum atomic E-state index is 0.132. The molecule has 76 valence electrons. The molecule has 1 N–H and O–H groups in total. The van der Waals surface area contributed by atoms with E-state index in [1.807, 2.05) is 6.92 Å². The van der Waals surface area contributed by atoms with Gasteiger partial charge in [-0.1, -0.05) is 0 Å². The first-order chi connectivity index (χ1) is 6.37. The van der Waals surface area contributed by atoms with E-state index in [0.717, 1.165) is 26.4 Å². The molecule has 0 radical (unpaired) electrons. The average molecular weight is 185 g/mol. The van der Waals surface area contributed by atoms with Crippen molar-refractivity contribution in [2.75, 3.05) is 26.4 Å². The molecule has 1 spiro atoms. The third-order valence-electron chi connectivity index (χ3n) is 3.21. The van der Waals surface area contributed by atoms with Gasteiger partial charge in [-0.25, -0.2) is 0 Å². The van der Waals surface area contributed by atoms with Crippen molar-refractivity contribution in [3.63, 3.8) is 0 Å². The molecular formula is C10H19NO2. The summed E-state index contributed by atoms with van der Waals surface area (Å²) in [6, 6.07) is 0.426. The maximum absolute atomic E-state index is 5.87. The molecule has 1 aliphatic carbocycles. The lowest BCUT2D eigenvalue weighted by Crippen LogP contribution is -2.63. The molecule has 2 fully saturated rings. The summed E-state index contributed by atoms with van der Waals surface area (Å²) in [5.74, 6) is 0. The molecule has 2 aliphatic rings. The van der Waals surface area contributed by atoms with Gasteiger partial charge in [-0.2, -0.15) is 0 Å². The Balaban J connectivity index is 1.89. The van der Waals surface area contributed by atoms with E-state index in [4.69, 9.17) is 9.47 Å². The van der Waals surface area contributed by atoms with E-state index >= 15 is 0 Å². The Labute approximate surface area is 79.8 Å². The molecule has 1 unspecified atom stereocenters. The highest BCUT2D eigenvalue weighted by molar-refractivity contribution is 5.01. The van der Waals surface area contributed by atoms with E-state index in [9.17, 15) is 0 Å². The molecule has 3 nitrogen and oxygen atoms in total. The zero-order chi connectivity index (χ0) is 9.15. The number of hydrogen-bond donors (Lipinski definition) is 1. The smallest absolute Gasteiger partial charge is 0.0857 e. The second-order valence-corrected chi connectivity index (χ2v) is 3.93. The molecule has 0 aromatic rings. The monoisotopic (exact) mass is 185 g/mol. The first-order valence-electron chi connectivity index (χ1n) is 5.32. The highest BCUT2D eigenvalue weighted by Crippen LogP contribution is 2.39. The van der Waals surface area contributed by atoms with Crippen molar-refractivity contribution in [2.45, 2.75) is 37.8 Å². The van der Waals surface area contributed by atoms with Crippen molar-refractivity contribution < 1.29 is 9.47 Å². The first kappa shape index (κ1) is 9.44. The van der Waals surface area contributed by atoms with Gasteiger partial charge >= 0.3 is 0 Å². The molecular weight excluding hydrogens is 166 g/mol. The number of hydrogen-bond acceptors (Lipinski definition) is 3. The summed E-state index contributed by atoms with van der Waals surface area (Å²) in [6.45, 7) is 5.48. The number of ether oxygens (including phenoxy) is 2. The van der Waals surface area contributed by atoms with E-state index in [-0.39, 0.29) is 5.60 Å². The molecule has 1 atom stereocenters. The highest BCUT2D eigenvalue weighted by Gasteiger charge is 2.46. The zero-order valence-electron chi connectivity index (χ0n) is 8.34. The van der Waals surface area contributed by atoms with E-state index < -0.39 is 0 Å². The van der Waals surface area contributed by atoms with Crippen LogP contribution in [0.5, 0.6) is 0 Å². The molecule has 0 aromatic heterocycles. The van der Waals surface area contributed by atoms with Crippen LogP contribution in [0.3, 0.4) is 0 Å². The molecule has 13 heavy (non-hydrogen) atoms. The zero-order valence-corrected chi connectivity index (χ0v) is 8.34. The van der Waals surface area contributed by atoms with Crippen LogP contribution in [-0.2, 0) is 9.47 Å². The summed E-state index contributed by atoms with van der Waals surface area (Å²) in [7, 11) is 0. The quantitative estimate of drug-likeness (QED) is 0.709. The van der Waals surface area contributed by atoms with Gasteiger partial charge in [0.25, 0.3) is 0 Å². The fourth-order valence-corrected chi connectivity index (χ4v) is 2.24. The fourth-order valence-electron chi connectivity index (χ4n) is 2.24. The Morgan fingerprint density at radius 2 is 2.38 bits per heavy atom. The predicted octanol–water partition coefficient (Wildman–Crippen LogP) is 0.934. The first-order valence-corrected chi connectivity index (χ1v) is 5.32. The van der Waals surface area contributed by atoms with E-state index in [1.165, 1.54) is 19.3 Å². The summed E-state index contributed by atoms with van der Waals surface area (Å²) >= 11 is 0. The second kappa shape index (κ2) is 3.95. The Kier molecular flexibility index (Phi) is 2.86. The molecule has 2 rings (SSSR count). The van der Waals surface area contributed by atoms with Crippen molar-refractivity contribution in [2.24, 2.45) is 0 Å². The molecule has 0 amide bonds. The lowest BCUT2D eigenvalue weighted by Gasteiger charge is -2.50. The highest BCUT2D eigenvalue weighted by atomic mass is 16.5. The molecule has 1 saturated heterocycles. The topological polar surface area (TPSA) is 30.5 Å². The van der Waals surface area contributed by atoms with Crippen molar-refractivity contribution in [1.82, 2.24) is 5.32 Å². The van der Waals surface area contributed by atoms with Crippen molar-refractivity contribution in [3.05, 3.63) is 0 Å². The third kappa shape index (κ3) is 1.73. The predicted molar refractivity (Wildman–Crippen MR) is 50.8 cm³/mol. The maximum atomic E-state index is 5.87. The third-order valence-corrected chi connectivity index (χ3v) is 3.21. The van der Waals surface area contributed by atoms with E-state index in [0.29, 0.717) is 6.04 Å². The number of nitrogens with one attached hydrogen (secondary N) is 1. The molecule has 0 aromatic carbocycles. The Bertz CT molecular complexity index is 168. The van der Waals surface area contributed by atoms with Gasteiger partial charge in [-0.15, -0.1) is 0 Å². The van der Waals surface area contributed by atoms with Gasteiger partial charge in [0.2, 0.25) is 0 Å². The van der Waals surface area contributed by atoms with Crippen LogP contribution in [0.4, 0.5) is 0 Å². The summed E-state index contributed by atoms with van der Waals surface area (Å²) in [5.41, 5.74) is 0.132. The van der Waals surface area contributed by atoms with Crippen LogP contribution in [0, 0.1) is 0 Å². The SMILES string of the molecule is CCOCC1NCCOC12CCC2. The summed E-state index contributed by atoms with van der Waals surface area (Å²) in [5, 5.41) is 3.50. The number of rotatable bonds is 3. The van der Waals surface area contributed by atoms with Gasteiger partial charge < -0.3 is 14.8 Å². The Morgan fingerprint density at radius 1 is 1.54 bits per heavy atom. The van der Waals surface area contributed by atoms with Gasteiger partial charge in [0.15, 0.2) is 0 Å². The van der Waals surface area contributed by atoms with Gasteiger partial charge in [-0.3, -0.25) is 0 Å². The van der Waals surface area contributed by atoms with Crippen LogP contribution in [0.1, 0.15) is 26.2 Å². The molecule has 0 bridgehead atoms. The van der Waals surface area contributed by atoms with Gasteiger partial charge in [0, 0.05) is 13.2 Å². The largest absolute Gasteiger partial charge is 0.380 e. The fraction of sp³-hybridized carbons (Fsp3) is 1.00. The normalized spacial score (nSPS) is 31.6. The Hall–Kier alpha value is -0.120. The Morgan fingerprint density at radius 3 is 3.00 bits per heavy atom. The van der Waals surface area contributed by atoms with Crippen LogP contribution >= 0.6 is 0 Å². The van der Waals surface area contributed by atoms with Crippen molar-refractivity contribution in [3.8, 4) is 0 Å². The molecule has 1 aliphatic heterocycles. The molecule has 3 heteroatoms. The van der Waals surface area contributed by atoms with Crippen molar-refractivity contribution >= 4 is 0 Å². The lowest BCUT2D eigenvalue weighted by molar-refractivity contribution is -0.156. The second-order valence-electron chi connectivity index (χ2n) is 3.93. The van der Waals surface area contributed by atoms with Gasteiger partial charge in [0.05, 0.1) is 24.9 Å². The maximum Gasteiger partial charge on any atom is 0.0857 e. The van der Waals surface area contributed by atoms with Crippen molar-refractivity contribution in [1.29, 1.82) is 0 Å². The van der Waals surface area contributed by atoms with Crippen LogP contribution in [-0.4, -0.2) is 38.0 Å². The van der Waals surface area contributed by atoms with E-state index in [1.54, 1.807) is 0 Å². The minimum Gasteiger partial charge on any atom is -0.380 e. The number of morpholine rings is 1. The standard InChI is InChI=1S/C10H19NO2/c1-2-12-8-9-10(4-3-5-10)13-7-6-11-9/h9,11H,2-8H2,1H3. The van der Waals surface area contributed by atoms with Crippen LogP contribution in [0.25, 0.3) is 0 Å². The molecule has 1 saturated carbocycles. The van der Waals surface area contributed by atoms with Gasteiger partial charge in [0.1, 0.15) is 0 Å². The van der Waals surface area contributed by atoms with E-state index in [2.05, 4.69) is 5.32 Å². The van der Waals surface area contributed by atoms with Crippen LogP contribution in [0.15, 0.2) is 0 Å². The lowest BCUT2D eigenvalue weighted by atomic mass is 9.74. The average Bonchev–Trinajstić information content (AvgIpc) is 2.12. The summed E-state index contributed by atoms with van der Waals surface area (Å²) in [6.07, 6.45) is 3.72. The van der Waals surface area contributed by atoms with Crippen LogP contribution < -0.4 is 5.32 Å². The minimum absolute atomic E-state index is 0.132.